The molecular formula is C18H20N2O. The lowest BCUT2D eigenvalue weighted by Crippen LogP contribution is -2.48. The molecule has 21 heavy (non-hydrogen) atoms. The van der Waals surface area contributed by atoms with Gasteiger partial charge in [-0.25, -0.2) is 0 Å². The number of anilines is 1. The summed E-state index contributed by atoms with van der Waals surface area (Å²) >= 11 is 0. The largest absolute Gasteiger partial charge is 0.314 e. The van der Waals surface area contributed by atoms with E-state index >= 15 is 0 Å². The van der Waals surface area contributed by atoms with Gasteiger partial charge in [-0.05, 0) is 36.6 Å². The minimum Gasteiger partial charge on any atom is -0.314 e. The molecule has 3 rings (SSSR count). The van der Waals surface area contributed by atoms with Gasteiger partial charge in [0.25, 0.3) is 0 Å². The monoisotopic (exact) mass is 280 g/mol. The molecule has 1 atom stereocenters. The van der Waals surface area contributed by atoms with E-state index in [1.807, 2.05) is 50.4 Å². The Labute approximate surface area is 125 Å². The first-order valence-corrected chi connectivity index (χ1v) is 7.29. The second-order valence-electron chi connectivity index (χ2n) is 5.64. The van der Waals surface area contributed by atoms with Crippen LogP contribution in [0.2, 0.25) is 0 Å². The van der Waals surface area contributed by atoms with Gasteiger partial charge in [-0.2, -0.15) is 0 Å². The van der Waals surface area contributed by atoms with Gasteiger partial charge in [0.2, 0.25) is 5.91 Å². The van der Waals surface area contributed by atoms with Crippen LogP contribution in [0.1, 0.15) is 16.7 Å². The number of amides is 1. The molecule has 0 fully saturated rings. The van der Waals surface area contributed by atoms with Crippen molar-refractivity contribution in [3.63, 3.8) is 0 Å². The van der Waals surface area contributed by atoms with E-state index in [-0.39, 0.29) is 11.9 Å². The predicted molar refractivity (Wildman–Crippen MR) is 85.4 cm³/mol. The second kappa shape index (κ2) is 5.70. The highest BCUT2D eigenvalue weighted by atomic mass is 16.2. The van der Waals surface area contributed by atoms with E-state index in [0.29, 0.717) is 0 Å². The molecule has 2 aromatic carbocycles. The summed E-state index contributed by atoms with van der Waals surface area (Å²) in [6.45, 7) is 2.81. The van der Waals surface area contributed by atoms with E-state index in [1.54, 1.807) is 4.90 Å². The van der Waals surface area contributed by atoms with Crippen molar-refractivity contribution >= 4 is 11.6 Å². The molecule has 3 heteroatoms. The molecule has 0 aliphatic carbocycles. The zero-order chi connectivity index (χ0) is 14.8. The number of nitrogens with one attached hydrogen (secondary N) is 1. The molecule has 1 aliphatic rings. The number of carbonyl (C=O) groups is 1. The van der Waals surface area contributed by atoms with Gasteiger partial charge in [-0.1, -0.05) is 42.0 Å². The van der Waals surface area contributed by atoms with Crippen molar-refractivity contribution in [2.45, 2.75) is 25.9 Å². The fourth-order valence-corrected chi connectivity index (χ4v) is 2.76. The number of fused-ring (bicyclic) bond motifs is 1. The van der Waals surface area contributed by atoms with Gasteiger partial charge in [0, 0.05) is 19.3 Å². The number of nitrogens with zero attached hydrogens (tertiary/aromatic N) is 1. The van der Waals surface area contributed by atoms with Crippen molar-refractivity contribution in [2.24, 2.45) is 0 Å². The molecule has 3 nitrogen and oxygen atoms in total. The molecule has 0 radical (unpaired) electrons. The SMILES string of the molecule is Cc1ccc(N(C)C(=O)[C@@H]2Cc3ccccc3CN2)cc1. The van der Waals surface area contributed by atoms with E-state index in [1.165, 1.54) is 16.7 Å². The summed E-state index contributed by atoms with van der Waals surface area (Å²) < 4.78 is 0. The molecule has 2 aromatic rings. The zero-order valence-corrected chi connectivity index (χ0v) is 12.5. The van der Waals surface area contributed by atoms with Crippen LogP contribution in [0.3, 0.4) is 0 Å². The topological polar surface area (TPSA) is 32.3 Å². The lowest BCUT2D eigenvalue weighted by molar-refractivity contribution is -0.120. The van der Waals surface area contributed by atoms with E-state index in [4.69, 9.17) is 0 Å². The van der Waals surface area contributed by atoms with Gasteiger partial charge in [-0.15, -0.1) is 0 Å². The molecule has 0 aromatic heterocycles. The van der Waals surface area contributed by atoms with Crippen molar-refractivity contribution < 1.29 is 4.79 Å². The van der Waals surface area contributed by atoms with Gasteiger partial charge in [0.05, 0.1) is 6.04 Å². The highest BCUT2D eigenvalue weighted by molar-refractivity contribution is 5.97. The highest BCUT2D eigenvalue weighted by Crippen LogP contribution is 2.20. The molecule has 1 aliphatic heterocycles. The lowest BCUT2D eigenvalue weighted by Gasteiger charge is -2.29. The first kappa shape index (κ1) is 13.8. The third-order valence-electron chi connectivity index (χ3n) is 4.13. The summed E-state index contributed by atoms with van der Waals surface area (Å²) in [6, 6.07) is 16.2. The van der Waals surface area contributed by atoms with E-state index in [0.717, 1.165) is 18.7 Å². The number of rotatable bonds is 2. The van der Waals surface area contributed by atoms with Crippen molar-refractivity contribution in [3.05, 3.63) is 65.2 Å². The van der Waals surface area contributed by atoms with Crippen LogP contribution in [0, 0.1) is 6.92 Å². The van der Waals surface area contributed by atoms with Crippen molar-refractivity contribution in [3.8, 4) is 0 Å². The maximum absolute atomic E-state index is 12.7. The summed E-state index contributed by atoms with van der Waals surface area (Å²) in [5.41, 5.74) is 4.70. The quantitative estimate of drug-likeness (QED) is 0.917. The van der Waals surface area contributed by atoms with Crippen LogP contribution in [-0.4, -0.2) is 19.0 Å². The summed E-state index contributed by atoms with van der Waals surface area (Å²) in [5, 5.41) is 3.35. The van der Waals surface area contributed by atoms with Crippen LogP contribution >= 0.6 is 0 Å². The van der Waals surface area contributed by atoms with Crippen molar-refractivity contribution in [2.75, 3.05) is 11.9 Å². The van der Waals surface area contributed by atoms with E-state index in [2.05, 4.69) is 17.4 Å². The molecule has 1 N–H and O–H groups in total. The minimum absolute atomic E-state index is 0.119. The van der Waals surface area contributed by atoms with Crippen LogP contribution in [0.5, 0.6) is 0 Å². The summed E-state index contributed by atoms with van der Waals surface area (Å²) in [7, 11) is 1.84. The molecular weight excluding hydrogens is 260 g/mol. The Bertz CT molecular complexity index is 649. The maximum atomic E-state index is 12.7. The molecule has 1 amide bonds. The third-order valence-corrected chi connectivity index (χ3v) is 4.13. The molecule has 0 spiro atoms. The normalized spacial score (nSPS) is 17.1. The average molecular weight is 280 g/mol. The van der Waals surface area contributed by atoms with Gasteiger partial charge in [-0.3, -0.25) is 4.79 Å². The number of aryl methyl sites for hydroxylation is 1. The Morgan fingerprint density at radius 3 is 2.48 bits per heavy atom. The Morgan fingerprint density at radius 2 is 1.76 bits per heavy atom. The molecule has 0 saturated heterocycles. The standard InChI is InChI=1S/C18H20N2O/c1-13-7-9-16(10-8-13)20(2)18(21)17-11-14-5-3-4-6-15(14)12-19-17/h3-10,17,19H,11-12H2,1-2H3/t17-/m0/s1. The average Bonchev–Trinajstić information content (AvgIpc) is 2.54. The summed E-state index contributed by atoms with van der Waals surface area (Å²) in [6.07, 6.45) is 0.755. The van der Waals surface area contributed by atoms with E-state index in [9.17, 15) is 4.79 Å². The molecule has 1 heterocycles. The molecule has 108 valence electrons. The number of benzene rings is 2. The van der Waals surface area contributed by atoms with Gasteiger partial charge >= 0.3 is 0 Å². The smallest absolute Gasteiger partial charge is 0.244 e. The second-order valence-corrected chi connectivity index (χ2v) is 5.64. The Morgan fingerprint density at radius 1 is 1.10 bits per heavy atom. The number of likely N-dealkylation sites (N-methyl/N-ethyl adjacent to an activating group) is 1. The summed E-state index contributed by atoms with van der Waals surface area (Å²) in [4.78, 5) is 14.4. The van der Waals surface area contributed by atoms with Gasteiger partial charge in [0.15, 0.2) is 0 Å². The first-order chi connectivity index (χ1) is 10.1. The predicted octanol–water partition coefficient (Wildman–Crippen LogP) is 2.67. The molecule has 0 unspecified atom stereocenters. The number of carbonyl (C=O) groups excluding carboxylic acids is 1. The van der Waals surface area contributed by atoms with Crippen molar-refractivity contribution in [1.82, 2.24) is 5.32 Å². The lowest BCUT2D eigenvalue weighted by atomic mass is 9.95. The minimum atomic E-state index is -0.147. The summed E-state index contributed by atoms with van der Waals surface area (Å²) in [5.74, 6) is 0.119. The fraction of sp³-hybridized carbons (Fsp3) is 0.278. The van der Waals surface area contributed by atoms with Gasteiger partial charge < -0.3 is 10.2 Å². The van der Waals surface area contributed by atoms with Crippen LogP contribution < -0.4 is 10.2 Å². The molecule has 0 bridgehead atoms. The fourth-order valence-electron chi connectivity index (χ4n) is 2.76. The number of hydrogen-bond donors (Lipinski definition) is 1. The Kier molecular flexibility index (Phi) is 3.76. The van der Waals surface area contributed by atoms with Gasteiger partial charge in [0.1, 0.15) is 0 Å². The Hall–Kier alpha value is -2.13. The molecule has 0 saturated carbocycles. The maximum Gasteiger partial charge on any atom is 0.244 e. The highest BCUT2D eigenvalue weighted by Gasteiger charge is 2.26. The third kappa shape index (κ3) is 2.83. The van der Waals surface area contributed by atoms with Crippen LogP contribution in [0.25, 0.3) is 0 Å². The van der Waals surface area contributed by atoms with E-state index < -0.39 is 0 Å². The van der Waals surface area contributed by atoms with Crippen LogP contribution in [0.4, 0.5) is 5.69 Å². The van der Waals surface area contributed by atoms with Crippen LogP contribution in [-0.2, 0) is 17.8 Å². The Balaban J connectivity index is 1.75. The zero-order valence-electron chi connectivity index (χ0n) is 12.5. The number of hydrogen-bond acceptors (Lipinski definition) is 2. The van der Waals surface area contributed by atoms with Crippen LogP contribution in [0.15, 0.2) is 48.5 Å². The van der Waals surface area contributed by atoms with Crippen molar-refractivity contribution in [1.29, 1.82) is 0 Å². The first-order valence-electron chi connectivity index (χ1n) is 7.29.